The Labute approximate surface area is 301 Å². The van der Waals surface area contributed by atoms with E-state index in [4.69, 9.17) is 19.4 Å². The Balaban J connectivity index is 0.992. The molecule has 0 spiro atoms. The van der Waals surface area contributed by atoms with Gasteiger partial charge in [-0.2, -0.15) is 0 Å². The van der Waals surface area contributed by atoms with Gasteiger partial charge in [-0.15, -0.1) is 0 Å². The molecule has 6 aromatic carbocycles. The molecule has 6 nitrogen and oxygen atoms in total. The van der Waals surface area contributed by atoms with Gasteiger partial charge in [0, 0.05) is 58.4 Å². The normalized spacial score (nSPS) is 12.5. The number of anilines is 6. The van der Waals surface area contributed by atoms with E-state index >= 15 is 0 Å². The van der Waals surface area contributed by atoms with E-state index in [1.54, 1.807) is 0 Å². The van der Waals surface area contributed by atoms with Gasteiger partial charge in [0.15, 0.2) is 23.0 Å². The molecule has 52 heavy (non-hydrogen) atoms. The first kappa shape index (κ1) is 29.7. The molecule has 246 valence electrons. The number of pyridine rings is 2. The molecular weight excluding hydrogens is 641 g/mol. The van der Waals surface area contributed by atoms with Crippen molar-refractivity contribution < 1.29 is 9.47 Å². The summed E-state index contributed by atoms with van der Waals surface area (Å²) in [5, 5.41) is 0. The lowest BCUT2D eigenvalue weighted by atomic mass is 9.99. The van der Waals surface area contributed by atoms with Gasteiger partial charge >= 0.3 is 0 Å². The lowest BCUT2D eigenvalue weighted by molar-refractivity contribution is 0.477. The highest BCUT2D eigenvalue weighted by atomic mass is 16.5. The molecule has 0 aliphatic carbocycles. The lowest BCUT2D eigenvalue weighted by Crippen LogP contribution is -2.15. The van der Waals surface area contributed by atoms with Gasteiger partial charge < -0.3 is 19.3 Å². The molecule has 8 aromatic rings. The predicted molar refractivity (Wildman–Crippen MR) is 208 cm³/mol. The van der Waals surface area contributed by atoms with Gasteiger partial charge in [-0.3, -0.25) is 9.97 Å². The molecule has 0 saturated carbocycles. The van der Waals surface area contributed by atoms with Crippen molar-refractivity contribution in [1.82, 2.24) is 9.97 Å². The van der Waals surface area contributed by atoms with Crippen LogP contribution in [0.1, 0.15) is 0 Å². The minimum Gasteiger partial charge on any atom is -0.453 e. The van der Waals surface area contributed by atoms with Gasteiger partial charge in [-0.05, 0) is 96.1 Å². The second-order valence-corrected chi connectivity index (χ2v) is 12.8. The maximum atomic E-state index is 6.25. The zero-order valence-electron chi connectivity index (χ0n) is 27.9. The largest absolute Gasteiger partial charge is 0.453 e. The number of fused-ring (bicyclic) bond motifs is 4. The zero-order chi connectivity index (χ0) is 34.4. The smallest absolute Gasteiger partial charge is 0.151 e. The van der Waals surface area contributed by atoms with Crippen LogP contribution in [0.3, 0.4) is 0 Å². The predicted octanol–water partition coefficient (Wildman–Crippen LogP) is 12.6. The Hall–Kier alpha value is -7.18. The van der Waals surface area contributed by atoms with Crippen molar-refractivity contribution in [2.24, 2.45) is 0 Å². The third-order valence-electron chi connectivity index (χ3n) is 9.55. The van der Waals surface area contributed by atoms with Crippen LogP contribution in [0.4, 0.5) is 34.1 Å². The van der Waals surface area contributed by atoms with Gasteiger partial charge in [0.2, 0.25) is 0 Å². The Morgan fingerprint density at radius 3 is 1.00 bits per heavy atom. The number of hydrogen-bond donors (Lipinski definition) is 0. The van der Waals surface area contributed by atoms with Crippen LogP contribution in [0.5, 0.6) is 23.0 Å². The highest BCUT2D eigenvalue weighted by Gasteiger charge is 2.27. The van der Waals surface area contributed by atoms with Crippen LogP contribution in [-0.2, 0) is 0 Å². The topological polar surface area (TPSA) is 50.7 Å². The van der Waals surface area contributed by atoms with Crippen LogP contribution in [0, 0.1) is 0 Å². The average molecular weight is 671 g/mol. The van der Waals surface area contributed by atoms with Gasteiger partial charge in [0.1, 0.15) is 0 Å². The van der Waals surface area contributed by atoms with Crippen molar-refractivity contribution in [3.05, 3.63) is 183 Å². The van der Waals surface area contributed by atoms with E-state index in [9.17, 15) is 0 Å². The standard InChI is InChI=1S/C46H30N4O2/c1-5-19-43-39(15-1)49(40-16-2-6-20-44(40)51-43)37-13-9-11-31(25-37)33-23-35(29-47-27-33)36-24-34(28-48-30-36)32-12-10-14-38(26-32)50-41-17-3-7-21-45(41)52-46-22-8-4-18-42(46)50/h1-30H. The van der Waals surface area contributed by atoms with Crippen molar-refractivity contribution in [3.63, 3.8) is 0 Å². The van der Waals surface area contributed by atoms with E-state index in [1.807, 2.05) is 97.6 Å². The van der Waals surface area contributed by atoms with E-state index in [2.05, 4.69) is 94.7 Å². The lowest BCUT2D eigenvalue weighted by Gasteiger charge is -2.33. The number of ether oxygens (including phenoxy) is 2. The van der Waals surface area contributed by atoms with E-state index < -0.39 is 0 Å². The fraction of sp³-hybridized carbons (Fsp3) is 0. The number of benzene rings is 6. The summed E-state index contributed by atoms with van der Waals surface area (Å²) in [6.45, 7) is 0. The highest BCUT2D eigenvalue weighted by molar-refractivity contribution is 5.89. The quantitative estimate of drug-likeness (QED) is 0.182. The second-order valence-electron chi connectivity index (χ2n) is 12.8. The Bertz CT molecular complexity index is 2360. The fourth-order valence-electron chi connectivity index (χ4n) is 7.13. The summed E-state index contributed by atoms with van der Waals surface area (Å²) >= 11 is 0. The summed E-state index contributed by atoms with van der Waals surface area (Å²) in [6, 6.07) is 54.1. The Morgan fingerprint density at radius 2 is 0.635 bits per heavy atom. The molecule has 0 amide bonds. The first-order chi connectivity index (χ1) is 25.8. The molecule has 0 N–H and O–H groups in total. The molecule has 0 fully saturated rings. The molecule has 6 heteroatoms. The Morgan fingerprint density at radius 1 is 0.308 bits per heavy atom. The van der Waals surface area contributed by atoms with Crippen molar-refractivity contribution in [1.29, 1.82) is 0 Å². The molecule has 2 aliphatic rings. The molecular formula is C46H30N4O2. The third kappa shape index (κ3) is 5.13. The molecule has 0 radical (unpaired) electrons. The highest BCUT2D eigenvalue weighted by Crippen LogP contribution is 2.52. The van der Waals surface area contributed by atoms with Crippen LogP contribution < -0.4 is 19.3 Å². The summed E-state index contributed by atoms with van der Waals surface area (Å²) in [5.74, 6) is 3.31. The van der Waals surface area contributed by atoms with Crippen LogP contribution >= 0.6 is 0 Å². The maximum Gasteiger partial charge on any atom is 0.151 e. The summed E-state index contributed by atoms with van der Waals surface area (Å²) < 4.78 is 12.5. The number of nitrogens with zero attached hydrogens (tertiary/aromatic N) is 4. The Kier molecular flexibility index (Phi) is 7.03. The second kappa shape index (κ2) is 12.3. The van der Waals surface area contributed by atoms with Crippen molar-refractivity contribution in [2.45, 2.75) is 0 Å². The summed E-state index contributed by atoms with van der Waals surface area (Å²) in [6.07, 6.45) is 7.65. The van der Waals surface area contributed by atoms with Crippen molar-refractivity contribution >= 4 is 34.1 Å². The number of hydrogen-bond acceptors (Lipinski definition) is 6. The number of rotatable bonds is 5. The molecule has 0 unspecified atom stereocenters. The van der Waals surface area contributed by atoms with E-state index in [0.29, 0.717) is 0 Å². The third-order valence-corrected chi connectivity index (χ3v) is 9.55. The molecule has 10 rings (SSSR count). The molecule has 2 aliphatic heterocycles. The summed E-state index contributed by atoms with van der Waals surface area (Å²) in [4.78, 5) is 13.9. The SMILES string of the molecule is c1cc(-c2cncc(-c3cncc(-c4cccc(N5c6ccccc6Oc6ccccc65)c4)c3)c2)cc(N2c3ccccc3Oc3ccccc32)c1. The van der Waals surface area contributed by atoms with Gasteiger partial charge in [0.05, 0.1) is 22.7 Å². The number of aromatic nitrogens is 2. The first-order valence-corrected chi connectivity index (χ1v) is 17.2. The molecule has 0 saturated heterocycles. The average Bonchev–Trinajstić information content (AvgIpc) is 3.22. The number of para-hydroxylation sites is 8. The maximum absolute atomic E-state index is 6.25. The molecule has 2 aromatic heterocycles. The minimum atomic E-state index is 0.827. The van der Waals surface area contributed by atoms with Gasteiger partial charge in [0.25, 0.3) is 0 Å². The van der Waals surface area contributed by atoms with E-state index in [1.165, 1.54) is 0 Å². The van der Waals surface area contributed by atoms with Gasteiger partial charge in [-0.1, -0.05) is 72.8 Å². The van der Waals surface area contributed by atoms with Gasteiger partial charge in [-0.25, -0.2) is 0 Å². The molecule has 4 heterocycles. The molecule has 0 atom stereocenters. The monoisotopic (exact) mass is 670 g/mol. The van der Waals surface area contributed by atoms with E-state index in [-0.39, 0.29) is 0 Å². The molecule has 0 bridgehead atoms. The van der Waals surface area contributed by atoms with Crippen molar-refractivity contribution in [2.75, 3.05) is 9.80 Å². The van der Waals surface area contributed by atoms with Crippen LogP contribution in [0.15, 0.2) is 183 Å². The van der Waals surface area contributed by atoms with Crippen molar-refractivity contribution in [3.8, 4) is 56.4 Å². The van der Waals surface area contributed by atoms with E-state index in [0.717, 1.165) is 90.5 Å². The first-order valence-electron chi connectivity index (χ1n) is 17.2. The van der Waals surface area contributed by atoms with Crippen LogP contribution in [0.2, 0.25) is 0 Å². The summed E-state index contributed by atoms with van der Waals surface area (Å²) in [5.41, 5.74) is 12.2. The summed E-state index contributed by atoms with van der Waals surface area (Å²) in [7, 11) is 0. The van der Waals surface area contributed by atoms with Crippen LogP contribution in [0.25, 0.3) is 33.4 Å². The minimum absolute atomic E-state index is 0.827. The van der Waals surface area contributed by atoms with Crippen LogP contribution in [-0.4, -0.2) is 9.97 Å². The fourth-order valence-corrected chi connectivity index (χ4v) is 7.13. The zero-order valence-corrected chi connectivity index (χ0v) is 27.9.